The normalized spacial score (nSPS) is 19.2. The Morgan fingerprint density at radius 1 is 1.32 bits per heavy atom. The second-order valence-corrected chi connectivity index (χ2v) is 7.82. The van der Waals surface area contributed by atoms with Gasteiger partial charge in [-0.25, -0.2) is 17.5 Å². The number of nitrogens with one attached hydrogen (secondary N) is 1. The van der Waals surface area contributed by atoms with Crippen molar-refractivity contribution >= 4 is 10.0 Å². The van der Waals surface area contributed by atoms with Crippen LogP contribution in [0, 0.1) is 5.82 Å². The summed E-state index contributed by atoms with van der Waals surface area (Å²) in [5.74, 6) is -0.000432. The lowest BCUT2D eigenvalue weighted by Gasteiger charge is -2.36. The summed E-state index contributed by atoms with van der Waals surface area (Å²) in [5.41, 5.74) is 0.701. The Kier molecular flexibility index (Phi) is 5.94. The summed E-state index contributed by atoms with van der Waals surface area (Å²) >= 11 is 0. The van der Waals surface area contributed by atoms with E-state index >= 15 is 0 Å². The summed E-state index contributed by atoms with van der Waals surface area (Å²) in [7, 11) is -3.16. The number of likely N-dealkylation sites (tertiary alicyclic amines) is 1. The molecule has 1 aromatic carbocycles. The molecule has 2 rings (SSSR count). The van der Waals surface area contributed by atoms with Gasteiger partial charge >= 0.3 is 0 Å². The molecule has 22 heavy (non-hydrogen) atoms. The molecule has 1 N–H and O–H groups in total. The Hall–Kier alpha value is -0.980. The predicted octanol–water partition coefficient (Wildman–Crippen LogP) is 2.68. The van der Waals surface area contributed by atoms with Crippen molar-refractivity contribution in [1.82, 2.24) is 9.62 Å². The molecule has 0 spiro atoms. The third kappa shape index (κ3) is 4.51. The summed E-state index contributed by atoms with van der Waals surface area (Å²) in [4.78, 5) is 2.21. The highest BCUT2D eigenvalue weighted by Crippen LogP contribution is 2.26. The minimum absolute atomic E-state index is 0.000574. The van der Waals surface area contributed by atoms with Gasteiger partial charge in [-0.3, -0.25) is 4.90 Å². The summed E-state index contributed by atoms with van der Waals surface area (Å²) in [6, 6.07) is 6.85. The highest BCUT2D eigenvalue weighted by molar-refractivity contribution is 7.89. The molecule has 0 amide bonds. The first kappa shape index (κ1) is 17.4. The van der Waals surface area contributed by atoms with E-state index in [1.807, 2.05) is 26.0 Å². The van der Waals surface area contributed by atoms with Crippen LogP contribution in [0.5, 0.6) is 0 Å². The maximum absolute atomic E-state index is 13.9. The van der Waals surface area contributed by atoms with E-state index in [4.69, 9.17) is 0 Å². The Morgan fingerprint density at radius 2 is 1.95 bits per heavy atom. The fourth-order valence-corrected chi connectivity index (χ4v) is 4.40. The van der Waals surface area contributed by atoms with Gasteiger partial charge in [0.25, 0.3) is 0 Å². The summed E-state index contributed by atoms with van der Waals surface area (Å²) < 4.78 is 40.3. The third-order valence-electron chi connectivity index (χ3n) is 4.25. The van der Waals surface area contributed by atoms with Crippen molar-refractivity contribution in [3.05, 3.63) is 35.6 Å². The summed E-state index contributed by atoms with van der Waals surface area (Å²) in [5, 5.41) is 0. The Labute approximate surface area is 132 Å². The van der Waals surface area contributed by atoms with Gasteiger partial charge in [0, 0.05) is 30.7 Å². The van der Waals surface area contributed by atoms with Gasteiger partial charge in [-0.05, 0) is 32.3 Å². The molecule has 1 fully saturated rings. The zero-order chi connectivity index (χ0) is 16.2. The van der Waals surface area contributed by atoms with Crippen LogP contribution in [0.3, 0.4) is 0 Å². The molecule has 0 bridgehead atoms. The second kappa shape index (κ2) is 7.53. The van der Waals surface area contributed by atoms with Crippen molar-refractivity contribution in [2.45, 2.75) is 45.2 Å². The molecule has 1 aliphatic rings. The Balaban J connectivity index is 1.91. The zero-order valence-corrected chi connectivity index (χ0v) is 14.1. The molecule has 0 radical (unpaired) electrons. The van der Waals surface area contributed by atoms with Crippen LogP contribution in [-0.2, 0) is 10.0 Å². The molecule has 1 saturated heterocycles. The third-order valence-corrected chi connectivity index (χ3v) is 5.89. The number of hydrogen-bond acceptors (Lipinski definition) is 3. The van der Waals surface area contributed by atoms with Crippen LogP contribution in [0.4, 0.5) is 4.39 Å². The Morgan fingerprint density at radius 3 is 2.55 bits per heavy atom. The number of rotatable bonds is 6. The highest BCUT2D eigenvalue weighted by atomic mass is 32.2. The highest BCUT2D eigenvalue weighted by Gasteiger charge is 2.26. The van der Waals surface area contributed by atoms with Crippen molar-refractivity contribution in [2.24, 2.45) is 0 Å². The first-order valence-electron chi connectivity index (χ1n) is 7.91. The first-order valence-corrected chi connectivity index (χ1v) is 9.56. The van der Waals surface area contributed by atoms with Gasteiger partial charge in [-0.2, -0.15) is 0 Å². The van der Waals surface area contributed by atoms with E-state index < -0.39 is 10.0 Å². The van der Waals surface area contributed by atoms with Gasteiger partial charge in [-0.15, -0.1) is 0 Å². The quantitative estimate of drug-likeness (QED) is 0.873. The topological polar surface area (TPSA) is 49.4 Å². The van der Waals surface area contributed by atoms with Gasteiger partial charge < -0.3 is 0 Å². The smallest absolute Gasteiger partial charge is 0.211 e. The number of benzene rings is 1. The first-order chi connectivity index (χ1) is 10.4. The standard InChI is InChI=1S/C16H25FN2O2S/c1-3-12-22(20,21)18-14-8-10-19(11-9-14)13(2)15-6-4-5-7-16(15)17/h4-7,13-14,18H,3,8-12H2,1-2H3/t13-/m0/s1. The van der Waals surface area contributed by atoms with Gasteiger partial charge in [0.15, 0.2) is 0 Å². The van der Waals surface area contributed by atoms with Gasteiger partial charge in [-0.1, -0.05) is 25.1 Å². The van der Waals surface area contributed by atoms with Crippen LogP contribution in [0.25, 0.3) is 0 Å². The monoisotopic (exact) mass is 328 g/mol. The number of hydrogen-bond donors (Lipinski definition) is 1. The van der Waals surface area contributed by atoms with Crippen molar-refractivity contribution in [3.8, 4) is 0 Å². The lowest BCUT2D eigenvalue weighted by molar-refractivity contribution is 0.157. The lowest BCUT2D eigenvalue weighted by Crippen LogP contribution is -2.45. The van der Waals surface area contributed by atoms with E-state index in [9.17, 15) is 12.8 Å². The number of halogens is 1. The van der Waals surface area contributed by atoms with Crippen molar-refractivity contribution in [1.29, 1.82) is 0 Å². The molecule has 1 aliphatic heterocycles. The van der Waals surface area contributed by atoms with Crippen LogP contribution in [0.15, 0.2) is 24.3 Å². The second-order valence-electron chi connectivity index (χ2n) is 5.94. The molecular weight excluding hydrogens is 303 g/mol. The van der Waals surface area contributed by atoms with E-state index in [2.05, 4.69) is 9.62 Å². The molecule has 1 heterocycles. The van der Waals surface area contributed by atoms with E-state index in [-0.39, 0.29) is 23.7 Å². The SMILES string of the molecule is CCCS(=O)(=O)NC1CCN([C@@H](C)c2ccccc2F)CC1. The number of nitrogens with zero attached hydrogens (tertiary/aromatic N) is 1. The minimum Gasteiger partial charge on any atom is -0.296 e. The molecule has 6 heteroatoms. The van der Waals surface area contributed by atoms with Crippen LogP contribution in [0.1, 0.15) is 44.7 Å². The Bertz CT molecular complexity index is 584. The van der Waals surface area contributed by atoms with E-state index in [1.165, 1.54) is 6.07 Å². The molecule has 4 nitrogen and oxygen atoms in total. The average molecular weight is 328 g/mol. The average Bonchev–Trinajstić information content (AvgIpc) is 2.47. The molecule has 0 unspecified atom stereocenters. The lowest BCUT2D eigenvalue weighted by atomic mass is 10.0. The van der Waals surface area contributed by atoms with E-state index in [1.54, 1.807) is 6.07 Å². The number of sulfonamides is 1. The van der Waals surface area contributed by atoms with Crippen LogP contribution >= 0.6 is 0 Å². The molecule has 1 aromatic rings. The van der Waals surface area contributed by atoms with Crippen LogP contribution < -0.4 is 4.72 Å². The largest absolute Gasteiger partial charge is 0.296 e. The number of piperidine rings is 1. The summed E-state index contributed by atoms with van der Waals surface area (Å²) in [6.45, 7) is 5.40. The van der Waals surface area contributed by atoms with Crippen LogP contribution in [0.2, 0.25) is 0 Å². The van der Waals surface area contributed by atoms with Crippen molar-refractivity contribution < 1.29 is 12.8 Å². The fraction of sp³-hybridized carbons (Fsp3) is 0.625. The predicted molar refractivity (Wildman–Crippen MR) is 86.6 cm³/mol. The fourth-order valence-electron chi connectivity index (χ4n) is 3.00. The molecular formula is C16H25FN2O2S. The summed E-state index contributed by atoms with van der Waals surface area (Å²) in [6.07, 6.45) is 2.15. The van der Waals surface area contributed by atoms with Gasteiger partial charge in [0.1, 0.15) is 5.82 Å². The minimum atomic E-state index is -3.16. The molecule has 124 valence electrons. The van der Waals surface area contributed by atoms with E-state index in [0.717, 1.165) is 25.9 Å². The van der Waals surface area contributed by atoms with Gasteiger partial charge in [0.2, 0.25) is 10.0 Å². The molecule has 1 atom stereocenters. The van der Waals surface area contributed by atoms with E-state index in [0.29, 0.717) is 12.0 Å². The molecule has 0 saturated carbocycles. The molecule has 0 aliphatic carbocycles. The van der Waals surface area contributed by atoms with Crippen molar-refractivity contribution in [2.75, 3.05) is 18.8 Å². The zero-order valence-electron chi connectivity index (χ0n) is 13.3. The maximum atomic E-state index is 13.9. The van der Waals surface area contributed by atoms with Crippen LogP contribution in [-0.4, -0.2) is 38.2 Å². The molecule has 0 aromatic heterocycles. The maximum Gasteiger partial charge on any atom is 0.211 e. The van der Waals surface area contributed by atoms with Gasteiger partial charge in [0.05, 0.1) is 5.75 Å². The van der Waals surface area contributed by atoms with Crippen molar-refractivity contribution in [3.63, 3.8) is 0 Å².